The smallest absolute Gasteiger partial charge is 1.00 e. The van der Waals surface area contributed by atoms with Crippen molar-refractivity contribution in [2.24, 2.45) is 0 Å². The van der Waals surface area contributed by atoms with Crippen LogP contribution in [-0.2, 0) is 17.4 Å². The van der Waals surface area contributed by atoms with E-state index in [9.17, 15) is 0 Å². The van der Waals surface area contributed by atoms with E-state index in [-0.39, 0.29) is 37.2 Å². The van der Waals surface area contributed by atoms with Gasteiger partial charge in [-0.2, -0.15) is 0 Å². The summed E-state index contributed by atoms with van der Waals surface area (Å²) >= 11 is 2.75. The molecule has 0 atom stereocenters. The van der Waals surface area contributed by atoms with E-state index in [2.05, 4.69) is 38.2 Å². The first-order valence-corrected chi connectivity index (χ1v) is 5.56. The Morgan fingerprint density at radius 2 is 1.33 bits per heavy atom. The summed E-state index contributed by atoms with van der Waals surface area (Å²) in [6, 6.07) is 0. The van der Waals surface area contributed by atoms with Crippen LogP contribution in [0.15, 0.2) is 21.0 Å². The van der Waals surface area contributed by atoms with Crippen LogP contribution >= 0.6 is 0 Å². The Balaban J connectivity index is -0.000000480. The Labute approximate surface area is 122 Å². The fraction of sp³-hybridized carbons (Fsp3) is 0.636. The van der Waals surface area contributed by atoms with Crippen molar-refractivity contribution in [1.82, 2.24) is 0 Å². The van der Waals surface area contributed by atoms with Crippen LogP contribution in [0.5, 0.6) is 0 Å². The molecule has 4 heteroatoms. The Hall–Kier alpha value is 0.934. The maximum Gasteiger partial charge on any atom is -1.00 e. The summed E-state index contributed by atoms with van der Waals surface area (Å²) in [5.41, 5.74) is 4.94. The van der Waals surface area contributed by atoms with E-state index in [1.54, 1.807) is 21.0 Å². The van der Waals surface area contributed by atoms with Gasteiger partial charge in [-0.15, -0.1) is 0 Å². The van der Waals surface area contributed by atoms with E-state index in [4.69, 9.17) is 0 Å². The summed E-state index contributed by atoms with van der Waals surface area (Å²) in [4.78, 5) is 0. The van der Waals surface area contributed by atoms with Crippen LogP contribution in [0.1, 0.15) is 46.5 Å². The maximum atomic E-state index is 2.75. The van der Waals surface area contributed by atoms with E-state index in [1.807, 2.05) is 0 Å². The van der Waals surface area contributed by atoms with Crippen molar-refractivity contribution in [2.45, 2.75) is 46.5 Å². The molecule has 0 saturated heterocycles. The van der Waals surface area contributed by atoms with Crippen LogP contribution in [0.25, 0.3) is 0 Å². The van der Waals surface area contributed by atoms with Crippen molar-refractivity contribution in [2.75, 3.05) is 0 Å². The van der Waals surface area contributed by atoms with Crippen molar-refractivity contribution >= 4 is 0 Å². The molecule has 0 radical (unpaired) electrons. The van der Waals surface area contributed by atoms with E-state index in [0.29, 0.717) is 0 Å². The molecule has 1 aliphatic carbocycles. The Kier molecular flexibility index (Phi) is 14.3. The van der Waals surface area contributed by atoms with Crippen molar-refractivity contribution in [3.05, 3.63) is 21.0 Å². The third-order valence-electron chi connectivity index (χ3n) is 2.65. The zero-order valence-electron chi connectivity index (χ0n) is 9.41. The van der Waals surface area contributed by atoms with Gasteiger partial charge in [0.05, 0.1) is 0 Å². The molecule has 0 heterocycles. The minimum absolute atomic E-state index is 0. The van der Waals surface area contributed by atoms with Crippen molar-refractivity contribution in [3.63, 3.8) is 0 Å². The number of halogens is 3. The van der Waals surface area contributed by atoms with E-state index >= 15 is 0 Å². The predicted molar refractivity (Wildman–Crippen MR) is 49.5 cm³/mol. The molecule has 0 amide bonds. The number of rotatable bonds is 3. The van der Waals surface area contributed by atoms with Crippen molar-refractivity contribution in [1.29, 1.82) is 0 Å². The van der Waals surface area contributed by atoms with Gasteiger partial charge in [-0.25, -0.2) is 0 Å². The van der Waals surface area contributed by atoms with Crippen LogP contribution in [0.4, 0.5) is 0 Å². The SMILES string of the molecule is CCC1=C(CC)C(CC)=[C]([V+3])C1.[Cl-].[Cl-].[Cl-]. The van der Waals surface area contributed by atoms with Crippen molar-refractivity contribution < 1.29 is 54.6 Å². The van der Waals surface area contributed by atoms with Gasteiger partial charge in [0.1, 0.15) is 0 Å². The van der Waals surface area contributed by atoms with Gasteiger partial charge in [0.15, 0.2) is 0 Å². The number of hydrogen-bond acceptors (Lipinski definition) is 0. The summed E-state index contributed by atoms with van der Waals surface area (Å²) in [5, 5.41) is 0. The summed E-state index contributed by atoms with van der Waals surface area (Å²) in [7, 11) is 0. The Bertz CT molecular complexity index is 244. The van der Waals surface area contributed by atoms with E-state index < -0.39 is 0 Å². The largest absolute Gasteiger partial charge is 1.00 e. The van der Waals surface area contributed by atoms with Gasteiger partial charge in [0, 0.05) is 0 Å². The minimum atomic E-state index is 0. The van der Waals surface area contributed by atoms with Crippen LogP contribution in [0.2, 0.25) is 0 Å². The molecule has 15 heavy (non-hydrogen) atoms. The molecular weight excluding hydrogens is 289 g/mol. The van der Waals surface area contributed by atoms with Gasteiger partial charge >= 0.3 is 84.9 Å². The third-order valence-corrected chi connectivity index (χ3v) is 3.32. The Morgan fingerprint density at radius 3 is 1.67 bits per heavy atom. The van der Waals surface area contributed by atoms with Gasteiger partial charge in [0.25, 0.3) is 0 Å². The summed E-state index contributed by atoms with van der Waals surface area (Å²) < 4.78 is 1.55. The molecule has 0 aromatic carbocycles. The molecule has 87 valence electrons. The molecule has 1 rings (SSSR count). The zero-order valence-corrected chi connectivity index (χ0v) is 13.1. The summed E-state index contributed by atoms with van der Waals surface area (Å²) in [6.45, 7) is 6.80. The second-order valence-corrected chi connectivity index (χ2v) is 4.09. The first-order valence-electron chi connectivity index (χ1n) is 4.86. The molecule has 0 saturated carbocycles. The van der Waals surface area contributed by atoms with Gasteiger partial charge < -0.3 is 37.2 Å². The molecule has 0 nitrogen and oxygen atoms in total. The predicted octanol–water partition coefficient (Wildman–Crippen LogP) is -5.27. The van der Waals surface area contributed by atoms with Gasteiger partial charge in [0.2, 0.25) is 0 Å². The standard InChI is InChI=1S/C11H17.3ClH.V/c1-4-9-7-8-10(5-2)11(9)6-3;;;;/h4-7H2,1-3H3;3*1H;/q;;;;+3/p-3. The molecule has 0 unspecified atom stereocenters. The second kappa shape index (κ2) is 10.1. The van der Waals surface area contributed by atoms with Gasteiger partial charge in [-0.05, 0) is 0 Å². The molecular formula is C11H17Cl3V. The van der Waals surface area contributed by atoms with E-state index in [0.717, 1.165) is 0 Å². The fourth-order valence-corrected chi connectivity index (χ4v) is 2.78. The Morgan fingerprint density at radius 1 is 0.867 bits per heavy atom. The van der Waals surface area contributed by atoms with Crippen molar-refractivity contribution in [3.8, 4) is 0 Å². The maximum absolute atomic E-state index is 2.75. The molecule has 0 spiro atoms. The number of hydrogen-bond donors (Lipinski definition) is 0. The average Bonchev–Trinajstić information content (AvgIpc) is 2.40. The van der Waals surface area contributed by atoms with E-state index in [1.165, 1.54) is 25.7 Å². The van der Waals surface area contributed by atoms with Crippen LogP contribution in [0, 0.1) is 0 Å². The van der Waals surface area contributed by atoms with Crippen LogP contribution in [0.3, 0.4) is 0 Å². The minimum Gasteiger partial charge on any atom is -1.00 e. The third kappa shape index (κ3) is 4.75. The topological polar surface area (TPSA) is 0 Å². The summed E-state index contributed by atoms with van der Waals surface area (Å²) in [6.07, 6.45) is 4.88. The monoisotopic (exact) mass is 305 g/mol. The molecule has 1 aliphatic rings. The quantitative estimate of drug-likeness (QED) is 0.489. The normalized spacial score (nSPS) is 14.5. The molecule has 0 aliphatic heterocycles. The van der Waals surface area contributed by atoms with Crippen LogP contribution in [-0.4, -0.2) is 0 Å². The summed E-state index contributed by atoms with van der Waals surface area (Å²) in [5.74, 6) is 0. The number of allylic oxidation sites excluding steroid dienone is 4. The van der Waals surface area contributed by atoms with Crippen LogP contribution < -0.4 is 37.2 Å². The first-order chi connectivity index (χ1) is 5.74. The first kappa shape index (κ1) is 21.2. The molecule has 0 aromatic rings. The zero-order chi connectivity index (χ0) is 9.14. The molecule has 0 N–H and O–H groups in total. The van der Waals surface area contributed by atoms with Gasteiger partial charge in [-0.3, -0.25) is 0 Å². The fourth-order valence-electron chi connectivity index (χ4n) is 2.02. The second-order valence-electron chi connectivity index (χ2n) is 3.24. The molecule has 0 bridgehead atoms. The average molecular weight is 307 g/mol. The molecule has 0 aromatic heterocycles. The molecule has 0 fully saturated rings. The van der Waals surface area contributed by atoms with Gasteiger partial charge in [-0.1, -0.05) is 0 Å².